The molecule has 1 N–H and O–H groups in total. The molecule has 3 unspecified atom stereocenters. The molecule has 0 bridgehead atoms. The quantitative estimate of drug-likeness (QED) is 0.785. The Hall–Kier alpha value is -0.0900. The molecule has 0 radical (unpaired) electrons. The van der Waals surface area contributed by atoms with Crippen molar-refractivity contribution in [3.63, 3.8) is 0 Å². The van der Waals surface area contributed by atoms with E-state index in [1.54, 1.807) is 13.8 Å². The molecule has 1 rings (SSSR count). The normalized spacial score (nSPS) is 28.2. The van der Waals surface area contributed by atoms with E-state index in [1.807, 2.05) is 0 Å². The maximum atomic E-state index is 12.0. The summed E-state index contributed by atoms with van der Waals surface area (Å²) in [5.41, 5.74) is 0. The highest BCUT2D eigenvalue weighted by atomic mass is 32.2. The Kier molecular flexibility index (Phi) is 6.99. The van der Waals surface area contributed by atoms with E-state index in [0.29, 0.717) is 23.6 Å². The van der Waals surface area contributed by atoms with Crippen LogP contribution in [0, 0.1) is 17.8 Å². The highest BCUT2D eigenvalue weighted by Crippen LogP contribution is 2.36. The second-order valence-corrected chi connectivity index (χ2v) is 9.88. The summed E-state index contributed by atoms with van der Waals surface area (Å²) in [6.45, 7) is 11.3. The number of hydrogen-bond acceptors (Lipinski definition) is 3. The van der Waals surface area contributed by atoms with Gasteiger partial charge in [0.15, 0.2) is 9.84 Å². The zero-order valence-electron chi connectivity index (χ0n) is 13.9. The predicted molar refractivity (Wildman–Crippen MR) is 86.7 cm³/mol. The third-order valence-electron chi connectivity index (χ3n) is 4.68. The first-order valence-corrected chi connectivity index (χ1v) is 9.88. The van der Waals surface area contributed by atoms with Crippen LogP contribution in [-0.4, -0.2) is 32.0 Å². The Bertz CT molecular complexity index is 376. The molecule has 0 heterocycles. The van der Waals surface area contributed by atoms with Gasteiger partial charge in [-0.05, 0) is 57.4 Å². The van der Waals surface area contributed by atoms with E-state index in [-0.39, 0.29) is 5.25 Å². The lowest BCUT2D eigenvalue weighted by atomic mass is 9.73. The van der Waals surface area contributed by atoms with Gasteiger partial charge in [0.05, 0.1) is 11.0 Å². The van der Waals surface area contributed by atoms with E-state index in [9.17, 15) is 8.42 Å². The lowest BCUT2D eigenvalue weighted by Gasteiger charge is -2.35. The first kappa shape index (κ1) is 18.0. The standard InChI is InChI=1S/C16H33NO2S/c1-12(2)17-11-16-7-6-14(5)10-15(16)8-9-20(18,19)13(3)4/h12-17H,6-11H2,1-5H3. The highest BCUT2D eigenvalue weighted by molar-refractivity contribution is 7.91. The summed E-state index contributed by atoms with van der Waals surface area (Å²) in [4.78, 5) is 0. The summed E-state index contributed by atoms with van der Waals surface area (Å²) in [6, 6.07) is 0.509. The largest absolute Gasteiger partial charge is 0.314 e. The molecule has 1 fully saturated rings. The van der Waals surface area contributed by atoms with E-state index in [4.69, 9.17) is 0 Å². The SMILES string of the molecule is CC1CCC(CNC(C)C)C(CCS(=O)(=O)C(C)C)C1. The van der Waals surface area contributed by atoms with E-state index < -0.39 is 9.84 Å². The van der Waals surface area contributed by atoms with Gasteiger partial charge in [-0.25, -0.2) is 8.42 Å². The van der Waals surface area contributed by atoms with E-state index in [2.05, 4.69) is 26.1 Å². The molecule has 1 aliphatic carbocycles. The van der Waals surface area contributed by atoms with Gasteiger partial charge in [-0.15, -0.1) is 0 Å². The average Bonchev–Trinajstić information content (AvgIpc) is 2.34. The first-order chi connectivity index (χ1) is 9.22. The van der Waals surface area contributed by atoms with Crippen LogP contribution in [0.4, 0.5) is 0 Å². The summed E-state index contributed by atoms with van der Waals surface area (Å²) >= 11 is 0. The van der Waals surface area contributed by atoms with Gasteiger partial charge in [-0.3, -0.25) is 0 Å². The number of rotatable bonds is 7. The highest BCUT2D eigenvalue weighted by Gasteiger charge is 2.30. The third-order valence-corrected chi connectivity index (χ3v) is 6.92. The Morgan fingerprint density at radius 1 is 1.10 bits per heavy atom. The van der Waals surface area contributed by atoms with Crippen molar-refractivity contribution in [1.29, 1.82) is 0 Å². The monoisotopic (exact) mass is 303 g/mol. The second-order valence-electron chi connectivity index (χ2n) is 7.21. The fourth-order valence-corrected chi connectivity index (χ4v) is 4.22. The Balaban J connectivity index is 2.57. The van der Waals surface area contributed by atoms with Crippen molar-refractivity contribution in [3.05, 3.63) is 0 Å². The minimum absolute atomic E-state index is 0.240. The van der Waals surface area contributed by atoms with Gasteiger partial charge in [0, 0.05) is 6.04 Å². The van der Waals surface area contributed by atoms with E-state index >= 15 is 0 Å². The van der Waals surface area contributed by atoms with Gasteiger partial charge in [0.1, 0.15) is 0 Å². The molecule has 1 aliphatic rings. The van der Waals surface area contributed by atoms with Gasteiger partial charge in [0.2, 0.25) is 0 Å². The van der Waals surface area contributed by atoms with Crippen LogP contribution in [0.2, 0.25) is 0 Å². The maximum Gasteiger partial charge on any atom is 0.152 e. The van der Waals surface area contributed by atoms with Gasteiger partial charge >= 0.3 is 0 Å². The maximum absolute atomic E-state index is 12.0. The molecule has 120 valence electrons. The van der Waals surface area contributed by atoms with Crippen LogP contribution >= 0.6 is 0 Å². The van der Waals surface area contributed by atoms with E-state index in [0.717, 1.165) is 18.9 Å². The van der Waals surface area contributed by atoms with Crippen LogP contribution in [-0.2, 0) is 9.84 Å². The van der Waals surface area contributed by atoms with Crippen LogP contribution in [0.3, 0.4) is 0 Å². The summed E-state index contributed by atoms with van der Waals surface area (Å²) < 4.78 is 24.0. The van der Waals surface area contributed by atoms with Crippen LogP contribution in [0.25, 0.3) is 0 Å². The van der Waals surface area contributed by atoms with Crippen molar-refractivity contribution in [1.82, 2.24) is 5.32 Å². The lowest BCUT2D eigenvalue weighted by Crippen LogP contribution is -2.36. The molecule has 0 spiro atoms. The number of hydrogen-bond donors (Lipinski definition) is 1. The van der Waals surface area contributed by atoms with Crippen LogP contribution in [0.1, 0.15) is 60.3 Å². The van der Waals surface area contributed by atoms with Crippen LogP contribution in [0.15, 0.2) is 0 Å². The predicted octanol–water partition coefficient (Wildman–Crippen LogP) is 3.25. The third kappa shape index (κ3) is 5.72. The molecule has 0 amide bonds. The number of sulfone groups is 1. The van der Waals surface area contributed by atoms with Crippen molar-refractivity contribution in [2.75, 3.05) is 12.3 Å². The number of nitrogens with one attached hydrogen (secondary N) is 1. The molecule has 3 nitrogen and oxygen atoms in total. The van der Waals surface area contributed by atoms with Gasteiger partial charge in [0.25, 0.3) is 0 Å². The van der Waals surface area contributed by atoms with Gasteiger partial charge in [-0.1, -0.05) is 27.2 Å². The van der Waals surface area contributed by atoms with E-state index in [1.165, 1.54) is 19.3 Å². The fraction of sp³-hybridized carbons (Fsp3) is 1.00. The molecule has 20 heavy (non-hydrogen) atoms. The fourth-order valence-electron chi connectivity index (χ4n) is 3.12. The van der Waals surface area contributed by atoms with Crippen molar-refractivity contribution >= 4 is 9.84 Å². The van der Waals surface area contributed by atoms with Crippen LogP contribution < -0.4 is 5.32 Å². The smallest absolute Gasteiger partial charge is 0.152 e. The van der Waals surface area contributed by atoms with Crippen LogP contribution in [0.5, 0.6) is 0 Å². The molecular weight excluding hydrogens is 270 g/mol. The molecule has 4 heteroatoms. The molecule has 0 aliphatic heterocycles. The summed E-state index contributed by atoms with van der Waals surface area (Å²) in [7, 11) is -2.89. The Labute approximate surface area is 125 Å². The van der Waals surface area contributed by atoms with Gasteiger partial charge in [-0.2, -0.15) is 0 Å². The first-order valence-electron chi connectivity index (χ1n) is 8.17. The minimum Gasteiger partial charge on any atom is -0.314 e. The molecule has 0 aromatic heterocycles. The summed E-state index contributed by atoms with van der Waals surface area (Å²) in [5.74, 6) is 2.33. The van der Waals surface area contributed by atoms with Crippen molar-refractivity contribution < 1.29 is 8.42 Å². The molecule has 0 aromatic carbocycles. The lowest BCUT2D eigenvalue weighted by molar-refractivity contribution is 0.178. The summed E-state index contributed by atoms with van der Waals surface area (Å²) in [5, 5.41) is 3.29. The Morgan fingerprint density at radius 2 is 1.75 bits per heavy atom. The van der Waals surface area contributed by atoms with Crippen molar-refractivity contribution in [3.8, 4) is 0 Å². The van der Waals surface area contributed by atoms with Gasteiger partial charge < -0.3 is 5.32 Å². The second kappa shape index (κ2) is 7.79. The molecule has 0 saturated heterocycles. The molecule has 3 atom stereocenters. The van der Waals surface area contributed by atoms with Crippen molar-refractivity contribution in [2.45, 2.75) is 71.6 Å². The zero-order chi connectivity index (χ0) is 15.3. The molecule has 1 saturated carbocycles. The molecule has 0 aromatic rings. The minimum atomic E-state index is -2.89. The average molecular weight is 304 g/mol. The van der Waals surface area contributed by atoms with Crippen molar-refractivity contribution in [2.24, 2.45) is 17.8 Å². The Morgan fingerprint density at radius 3 is 2.30 bits per heavy atom. The molecular formula is C16H33NO2S. The topological polar surface area (TPSA) is 46.2 Å². The summed E-state index contributed by atoms with van der Waals surface area (Å²) in [6.07, 6.45) is 4.57. The zero-order valence-corrected chi connectivity index (χ0v) is 14.7.